The van der Waals surface area contributed by atoms with Crippen LogP contribution in [-0.2, 0) is 6.54 Å². The van der Waals surface area contributed by atoms with E-state index in [1.54, 1.807) is 17.0 Å². The molecule has 3 rings (SSSR count). The zero-order valence-corrected chi connectivity index (χ0v) is 11.4. The van der Waals surface area contributed by atoms with Gasteiger partial charge in [-0.3, -0.25) is 4.79 Å². The summed E-state index contributed by atoms with van der Waals surface area (Å²) in [5, 5.41) is 0. The highest BCUT2D eigenvalue weighted by molar-refractivity contribution is 5.94. The quantitative estimate of drug-likeness (QED) is 0.838. The Morgan fingerprint density at radius 3 is 2.00 bits per heavy atom. The zero-order valence-electron chi connectivity index (χ0n) is 11.4. The van der Waals surface area contributed by atoms with Gasteiger partial charge >= 0.3 is 0 Å². The molecule has 0 spiro atoms. The molecule has 1 fully saturated rings. The van der Waals surface area contributed by atoms with E-state index in [-0.39, 0.29) is 23.6 Å². The lowest BCUT2D eigenvalue weighted by Crippen LogP contribution is -2.32. The molecule has 1 amide bonds. The number of hydrogen-bond acceptors (Lipinski definition) is 1. The first-order valence-electron chi connectivity index (χ1n) is 6.94. The number of nitrogens with zero attached hydrogens (tertiary/aromatic N) is 1. The molecule has 2 nitrogen and oxygen atoms in total. The monoisotopic (exact) mass is 287 g/mol. The van der Waals surface area contributed by atoms with Gasteiger partial charge in [0.2, 0.25) is 0 Å². The largest absolute Gasteiger partial charge is 0.331 e. The fraction of sp³-hybridized carbons (Fsp3) is 0.235. The molecular formula is C17H15F2NO. The summed E-state index contributed by atoms with van der Waals surface area (Å²) < 4.78 is 25.9. The zero-order chi connectivity index (χ0) is 14.8. The van der Waals surface area contributed by atoms with Crippen LogP contribution in [0, 0.1) is 11.6 Å². The summed E-state index contributed by atoms with van der Waals surface area (Å²) in [6.45, 7) is 0.446. The standard InChI is InChI=1S/C17H15F2NO/c18-14-5-1-12(2-6-14)11-20(16-9-10-16)17(21)13-3-7-15(19)8-4-13/h1-8,16H,9-11H2. The van der Waals surface area contributed by atoms with Gasteiger partial charge in [-0.2, -0.15) is 0 Å². The lowest BCUT2D eigenvalue weighted by atomic mass is 10.1. The van der Waals surface area contributed by atoms with E-state index < -0.39 is 0 Å². The number of rotatable bonds is 4. The number of carbonyl (C=O) groups is 1. The van der Waals surface area contributed by atoms with E-state index >= 15 is 0 Å². The van der Waals surface area contributed by atoms with Crippen molar-refractivity contribution < 1.29 is 13.6 Å². The van der Waals surface area contributed by atoms with Gasteiger partial charge in [0.15, 0.2) is 0 Å². The summed E-state index contributed by atoms with van der Waals surface area (Å²) >= 11 is 0. The maximum atomic E-state index is 12.9. The predicted molar refractivity (Wildman–Crippen MR) is 75.7 cm³/mol. The number of halogens is 2. The van der Waals surface area contributed by atoms with Crippen LogP contribution in [0.25, 0.3) is 0 Å². The minimum absolute atomic E-state index is 0.109. The molecule has 0 atom stereocenters. The van der Waals surface area contributed by atoms with Crippen molar-refractivity contribution in [2.75, 3.05) is 0 Å². The van der Waals surface area contributed by atoms with Crippen molar-refractivity contribution in [2.45, 2.75) is 25.4 Å². The summed E-state index contributed by atoms with van der Waals surface area (Å²) in [4.78, 5) is 14.3. The highest BCUT2D eigenvalue weighted by atomic mass is 19.1. The second-order valence-corrected chi connectivity index (χ2v) is 5.30. The lowest BCUT2D eigenvalue weighted by Gasteiger charge is -2.22. The molecule has 0 bridgehead atoms. The van der Waals surface area contributed by atoms with E-state index in [4.69, 9.17) is 0 Å². The summed E-state index contributed by atoms with van der Waals surface area (Å²) in [6.07, 6.45) is 1.96. The first-order chi connectivity index (χ1) is 10.1. The molecule has 0 aromatic heterocycles. The van der Waals surface area contributed by atoms with Crippen LogP contribution in [0.3, 0.4) is 0 Å². The lowest BCUT2D eigenvalue weighted by molar-refractivity contribution is 0.0730. The average molecular weight is 287 g/mol. The maximum absolute atomic E-state index is 12.9. The Balaban J connectivity index is 1.79. The molecular weight excluding hydrogens is 272 g/mol. The van der Waals surface area contributed by atoms with Gasteiger partial charge < -0.3 is 4.90 Å². The van der Waals surface area contributed by atoms with E-state index in [1.807, 2.05) is 0 Å². The summed E-state index contributed by atoms with van der Waals surface area (Å²) in [5.41, 5.74) is 1.36. The van der Waals surface area contributed by atoms with Gasteiger partial charge in [-0.15, -0.1) is 0 Å². The highest BCUT2D eigenvalue weighted by Gasteiger charge is 2.33. The first-order valence-corrected chi connectivity index (χ1v) is 6.94. The third-order valence-electron chi connectivity index (χ3n) is 3.61. The van der Waals surface area contributed by atoms with E-state index in [9.17, 15) is 13.6 Å². The van der Waals surface area contributed by atoms with Crippen molar-refractivity contribution >= 4 is 5.91 Å². The van der Waals surface area contributed by atoms with Crippen molar-refractivity contribution in [2.24, 2.45) is 0 Å². The summed E-state index contributed by atoms with van der Waals surface area (Å²) in [5.74, 6) is -0.758. The van der Waals surface area contributed by atoms with Gasteiger partial charge in [-0.25, -0.2) is 8.78 Å². The van der Waals surface area contributed by atoms with E-state index in [1.165, 1.54) is 36.4 Å². The first kappa shape index (κ1) is 13.7. The van der Waals surface area contributed by atoms with Crippen LogP contribution < -0.4 is 0 Å². The van der Waals surface area contributed by atoms with E-state index in [0.717, 1.165) is 18.4 Å². The van der Waals surface area contributed by atoms with Crippen LogP contribution in [0.2, 0.25) is 0 Å². The van der Waals surface area contributed by atoms with Crippen molar-refractivity contribution in [3.63, 3.8) is 0 Å². The molecule has 0 aliphatic heterocycles. The predicted octanol–water partition coefficient (Wildman–Crippen LogP) is 3.77. The Hall–Kier alpha value is -2.23. The second-order valence-electron chi connectivity index (χ2n) is 5.30. The van der Waals surface area contributed by atoms with Crippen molar-refractivity contribution in [3.8, 4) is 0 Å². The second kappa shape index (κ2) is 5.64. The number of carbonyl (C=O) groups excluding carboxylic acids is 1. The molecule has 0 N–H and O–H groups in total. The number of benzene rings is 2. The molecule has 4 heteroatoms. The molecule has 0 heterocycles. The van der Waals surface area contributed by atoms with Gasteiger partial charge in [0, 0.05) is 18.2 Å². The Morgan fingerprint density at radius 2 is 1.48 bits per heavy atom. The van der Waals surface area contributed by atoms with E-state index in [0.29, 0.717) is 12.1 Å². The molecule has 0 unspecified atom stereocenters. The molecule has 1 aliphatic carbocycles. The van der Waals surface area contributed by atoms with E-state index in [2.05, 4.69) is 0 Å². The minimum atomic E-state index is -0.358. The van der Waals surface area contributed by atoms with Crippen molar-refractivity contribution in [1.29, 1.82) is 0 Å². The third kappa shape index (κ3) is 3.27. The van der Waals surface area contributed by atoms with Gasteiger partial charge in [-0.1, -0.05) is 12.1 Å². The summed E-state index contributed by atoms with van der Waals surface area (Å²) in [6, 6.07) is 12.0. The minimum Gasteiger partial charge on any atom is -0.331 e. The molecule has 2 aromatic rings. The normalized spacial score (nSPS) is 14.0. The fourth-order valence-electron chi connectivity index (χ4n) is 2.30. The SMILES string of the molecule is O=C(c1ccc(F)cc1)N(Cc1ccc(F)cc1)C1CC1. The summed E-state index contributed by atoms with van der Waals surface area (Å²) in [7, 11) is 0. The average Bonchev–Trinajstić information content (AvgIpc) is 3.31. The van der Waals surface area contributed by atoms with Crippen LogP contribution in [0.1, 0.15) is 28.8 Å². The number of amides is 1. The van der Waals surface area contributed by atoms with Gasteiger partial charge in [-0.05, 0) is 54.8 Å². The van der Waals surface area contributed by atoms with Gasteiger partial charge in [0.1, 0.15) is 11.6 Å². The molecule has 0 saturated heterocycles. The highest BCUT2D eigenvalue weighted by Crippen LogP contribution is 2.30. The molecule has 2 aromatic carbocycles. The molecule has 0 radical (unpaired) electrons. The maximum Gasteiger partial charge on any atom is 0.254 e. The number of hydrogen-bond donors (Lipinski definition) is 0. The van der Waals surface area contributed by atoms with Crippen LogP contribution in [-0.4, -0.2) is 16.8 Å². The topological polar surface area (TPSA) is 20.3 Å². The van der Waals surface area contributed by atoms with Crippen LogP contribution in [0.4, 0.5) is 8.78 Å². The molecule has 21 heavy (non-hydrogen) atoms. The fourth-order valence-corrected chi connectivity index (χ4v) is 2.30. The van der Waals surface area contributed by atoms with Crippen LogP contribution in [0.5, 0.6) is 0 Å². The van der Waals surface area contributed by atoms with Crippen molar-refractivity contribution in [3.05, 3.63) is 71.3 Å². The molecule has 108 valence electrons. The third-order valence-corrected chi connectivity index (χ3v) is 3.61. The van der Waals surface area contributed by atoms with Crippen LogP contribution >= 0.6 is 0 Å². The Morgan fingerprint density at radius 1 is 0.952 bits per heavy atom. The van der Waals surface area contributed by atoms with Gasteiger partial charge in [0.25, 0.3) is 5.91 Å². The van der Waals surface area contributed by atoms with Crippen LogP contribution in [0.15, 0.2) is 48.5 Å². The smallest absolute Gasteiger partial charge is 0.254 e. The Bertz CT molecular complexity index is 633. The van der Waals surface area contributed by atoms with Crippen molar-refractivity contribution in [1.82, 2.24) is 4.90 Å². The Kier molecular flexibility index (Phi) is 3.69. The Labute approximate surface area is 122 Å². The van der Waals surface area contributed by atoms with Gasteiger partial charge in [0.05, 0.1) is 0 Å². The molecule has 1 saturated carbocycles. The molecule has 1 aliphatic rings.